The van der Waals surface area contributed by atoms with Gasteiger partial charge in [0.15, 0.2) is 0 Å². The Kier molecular flexibility index (Phi) is 6.01. The van der Waals surface area contributed by atoms with E-state index in [0.717, 1.165) is 62.5 Å². The minimum Gasteiger partial charge on any atom is -0.451 e. The summed E-state index contributed by atoms with van der Waals surface area (Å²) in [5, 5.41) is 15.0. The highest BCUT2D eigenvalue weighted by Crippen LogP contribution is 2.37. The van der Waals surface area contributed by atoms with Crippen LogP contribution in [-0.4, -0.2) is 63.8 Å². The first kappa shape index (κ1) is 22.4. The number of carbonyl (C=O) groups is 1. The molecule has 34 heavy (non-hydrogen) atoms. The predicted octanol–water partition coefficient (Wildman–Crippen LogP) is 2.82. The van der Waals surface area contributed by atoms with Gasteiger partial charge in [0.2, 0.25) is 11.8 Å². The van der Waals surface area contributed by atoms with E-state index in [1.165, 1.54) is 0 Å². The zero-order valence-electron chi connectivity index (χ0n) is 19.7. The molecule has 1 aromatic carbocycles. The molecule has 10 heteroatoms. The average molecular weight is 464 g/mol. The van der Waals surface area contributed by atoms with E-state index in [1.807, 2.05) is 32.9 Å². The van der Waals surface area contributed by atoms with Gasteiger partial charge in [-0.05, 0) is 51.9 Å². The standard InChI is InChI=1S/C24H29N7O3/c1-15-18(21-30-29-20(33-21)5-4-10-31-11-8-25-9-12-31)14-26-23(27-15)28-16-6-7-17-19(13-16)24(2,3)34-22(17)32/h6-7,13-14,25H,4-5,8-12H2,1-3H3,(H,26,27,28). The van der Waals surface area contributed by atoms with Crippen molar-refractivity contribution in [3.63, 3.8) is 0 Å². The van der Waals surface area contributed by atoms with E-state index in [-0.39, 0.29) is 5.97 Å². The number of cyclic esters (lactones) is 1. The van der Waals surface area contributed by atoms with Crippen molar-refractivity contribution in [3.05, 3.63) is 47.1 Å². The molecule has 2 N–H and O–H groups in total. The molecule has 1 saturated heterocycles. The van der Waals surface area contributed by atoms with Crippen molar-refractivity contribution in [1.82, 2.24) is 30.4 Å². The summed E-state index contributed by atoms with van der Waals surface area (Å²) >= 11 is 0. The smallest absolute Gasteiger partial charge is 0.339 e. The highest BCUT2D eigenvalue weighted by molar-refractivity contribution is 5.95. The molecular formula is C24H29N7O3. The van der Waals surface area contributed by atoms with Gasteiger partial charge in [-0.1, -0.05) is 0 Å². The van der Waals surface area contributed by atoms with Crippen LogP contribution in [0, 0.1) is 6.92 Å². The monoisotopic (exact) mass is 463 g/mol. The van der Waals surface area contributed by atoms with Gasteiger partial charge < -0.3 is 24.7 Å². The van der Waals surface area contributed by atoms with Crippen LogP contribution in [0.1, 0.15) is 47.8 Å². The molecule has 2 aliphatic rings. The van der Waals surface area contributed by atoms with Crippen LogP contribution in [0.4, 0.5) is 11.6 Å². The minimum absolute atomic E-state index is 0.300. The maximum atomic E-state index is 12.0. The summed E-state index contributed by atoms with van der Waals surface area (Å²) in [6.07, 6.45) is 3.41. The molecule has 0 spiro atoms. The molecule has 0 saturated carbocycles. The first-order valence-electron chi connectivity index (χ1n) is 11.6. The molecule has 4 heterocycles. The Labute approximate surface area is 198 Å². The van der Waals surface area contributed by atoms with E-state index in [1.54, 1.807) is 12.3 Å². The van der Waals surface area contributed by atoms with Gasteiger partial charge in [-0.2, -0.15) is 0 Å². The van der Waals surface area contributed by atoms with Crippen molar-refractivity contribution in [2.24, 2.45) is 0 Å². The molecule has 0 radical (unpaired) electrons. The molecule has 3 aromatic rings. The lowest BCUT2D eigenvalue weighted by molar-refractivity contribution is 0.00954. The quantitative estimate of drug-likeness (QED) is 0.506. The average Bonchev–Trinajstić information content (AvgIpc) is 3.36. The summed E-state index contributed by atoms with van der Waals surface area (Å²) in [7, 11) is 0. The van der Waals surface area contributed by atoms with Crippen LogP contribution in [0.15, 0.2) is 28.8 Å². The number of benzene rings is 1. The fourth-order valence-corrected chi connectivity index (χ4v) is 4.36. The van der Waals surface area contributed by atoms with E-state index in [0.29, 0.717) is 28.9 Å². The number of fused-ring (bicyclic) bond motifs is 1. The number of ether oxygens (including phenoxy) is 1. The SMILES string of the molecule is Cc1nc(Nc2ccc3c(c2)C(C)(C)OC3=O)ncc1-c1nnc(CCCN2CCNCC2)o1. The van der Waals surface area contributed by atoms with E-state index >= 15 is 0 Å². The van der Waals surface area contributed by atoms with Gasteiger partial charge in [0.05, 0.1) is 16.8 Å². The highest BCUT2D eigenvalue weighted by Gasteiger charge is 2.37. The Morgan fingerprint density at radius 1 is 1.18 bits per heavy atom. The molecule has 0 amide bonds. The number of carbonyl (C=O) groups excluding carboxylic acids is 1. The molecule has 1 fully saturated rings. The molecule has 2 aromatic heterocycles. The Morgan fingerprint density at radius 3 is 2.79 bits per heavy atom. The number of anilines is 2. The largest absolute Gasteiger partial charge is 0.451 e. The van der Waals surface area contributed by atoms with Gasteiger partial charge in [0, 0.05) is 50.0 Å². The topological polar surface area (TPSA) is 118 Å². The Morgan fingerprint density at radius 2 is 2.00 bits per heavy atom. The number of aromatic nitrogens is 4. The number of hydrogen-bond donors (Lipinski definition) is 2. The van der Waals surface area contributed by atoms with E-state index in [9.17, 15) is 4.79 Å². The summed E-state index contributed by atoms with van der Waals surface area (Å²) in [6, 6.07) is 5.48. The Bertz CT molecular complexity index is 1200. The summed E-state index contributed by atoms with van der Waals surface area (Å²) in [5.41, 5.74) is 2.98. The molecule has 0 unspecified atom stereocenters. The van der Waals surface area contributed by atoms with Crippen molar-refractivity contribution in [1.29, 1.82) is 0 Å². The zero-order chi connectivity index (χ0) is 23.7. The zero-order valence-corrected chi connectivity index (χ0v) is 19.7. The van der Waals surface area contributed by atoms with Gasteiger partial charge >= 0.3 is 5.97 Å². The number of nitrogens with zero attached hydrogens (tertiary/aromatic N) is 5. The van der Waals surface area contributed by atoms with Crippen LogP contribution in [-0.2, 0) is 16.8 Å². The number of nitrogens with one attached hydrogen (secondary N) is 2. The molecule has 5 rings (SSSR count). The van der Waals surface area contributed by atoms with Crippen molar-refractivity contribution in [3.8, 4) is 11.5 Å². The second-order valence-electron chi connectivity index (χ2n) is 9.17. The predicted molar refractivity (Wildman–Crippen MR) is 126 cm³/mol. The van der Waals surface area contributed by atoms with Crippen LogP contribution in [0.25, 0.3) is 11.5 Å². The minimum atomic E-state index is -0.661. The van der Waals surface area contributed by atoms with E-state index in [4.69, 9.17) is 9.15 Å². The van der Waals surface area contributed by atoms with Crippen LogP contribution >= 0.6 is 0 Å². The molecular weight excluding hydrogens is 434 g/mol. The lowest BCUT2D eigenvalue weighted by atomic mass is 9.95. The van der Waals surface area contributed by atoms with Crippen molar-refractivity contribution in [2.45, 2.75) is 39.2 Å². The van der Waals surface area contributed by atoms with Gasteiger partial charge in [-0.15, -0.1) is 10.2 Å². The lowest BCUT2D eigenvalue weighted by Gasteiger charge is -2.26. The second kappa shape index (κ2) is 9.11. The molecule has 2 aliphatic heterocycles. The molecule has 0 bridgehead atoms. The second-order valence-corrected chi connectivity index (χ2v) is 9.17. The van der Waals surface area contributed by atoms with Gasteiger partial charge in [-0.25, -0.2) is 14.8 Å². The maximum Gasteiger partial charge on any atom is 0.339 e. The highest BCUT2D eigenvalue weighted by atomic mass is 16.6. The molecule has 178 valence electrons. The fourth-order valence-electron chi connectivity index (χ4n) is 4.36. The summed E-state index contributed by atoms with van der Waals surface area (Å²) in [6.45, 7) is 10.9. The van der Waals surface area contributed by atoms with Crippen molar-refractivity contribution < 1.29 is 13.9 Å². The van der Waals surface area contributed by atoms with E-state index in [2.05, 4.69) is 35.7 Å². The van der Waals surface area contributed by atoms with Gasteiger partial charge in [-0.3, -0.25) is 0 Å². The van der Waals surface area contributed by atoms with Crippen LogP contribution in [0.2, 0.25) is 0 Å². The third kappa shape index (κ3) is 4.64. The van der Waals surface area contributed by atoms with E-state index < -0.39 is 5.60 Å². The number of hydrogen-bond acceptors (Lipinski definition) is 10. The number of piperazine rings is 1. The first-order valence-corrected chi connectivity index (χ1v) is 11.6. The van der Waals surface area contributed by atoms with Crippen LogP contribution in [0.3, 0.4) is 0 Å². The third-order valence-electron chi connectivity index (χ3n) is 6.24. The maximum absolute atomic E-state index is 12.0. The summed E-state index contributed by atoms with van der Waals surface area (Å²) in [4.78, 5) is 23.4. The molecule has 0 atom stereocenters. The third-order valence-corrected chi connectivity index (χ3v) is 6.24. The molecule has 10 nitrogen and oxygen atoms in total. The normalized spacial score (nSPS) is 17.4. The number of aryl methyl sites for hydroxylation is 2. The van der Waals surface area contributed by atoms with Crippen LogP contribution in [0.5, 0.6) is 0 Å². The summed E-state index contributed by atoms with van der Waals surface area (Å²) < 4.78 is 11.3. The van der Waals surface area contributed by atoms with Crippen molar-refractivity contribution >= 4 is 17.6 Å². The van der Waals surface area contributed by atoms with Crippen LogP contribution < -0.4 is 10.6 Å². The molecule has 0 aliphatic carbocycles. The number of rotatable bonds is 7. The Hall–Kier alpha value is -3.37. The lowest BCUT2D eigenvalue weighted by Crippen LogP contribution is -2.43. The van der Waals surface area contributed by atoms with Crippen molar-refractivity contribution in [2.75, 3.05) is 38.0 Å². The van der Waals surface area contributed by atoms with Gasteiger partial charge in [0.25, 0.3) is 5.89 Å². The fraction of sp³-hybridized carbons (Fsp3) is 0.458. The first-order chi connectivity index (χ1) is 16.4. The Balaban J connectivity index is 1.24. The number of esters is 1. The summed E-state index contributed by atoms with van der Waals surface area (Å²) in [5.74, 6) is 1.20. The van der Waals surface area contributed by atoms with Gasteiger partial charge in [0.1, 0.15) is 5.60 Å².